The maximum atomic E-state index is 12.0. The van der Waals surface area contributed by atoms with Gasteiger partial charge in [-0.3, -0.25) is 9.89 Å². The third-order valence-electron chi connectivity index (χ3n) is 2.32. The average molecular weight is 288 g/mol. The van der Waals surface area contributed by atoms with Crippen molar-refractivity contribution in [2.24, 2.45) is 0 Å². The highest BCUT2D eigenvalue weighted by Crippen LogP contribution is 2.22. The van der Waals surface area contributed by atoms with E-state index in [1.54, 1.807) is 14.0 Å². The van der Waals surface area contributed by atoms with Crippen molar-refractivity contribution in [3.05, 3.63) is 33.6 Å². The van der Waals surface area contributed by atoms with Crippen molar-refractivity contribution in [3.63, 3.8) is 0 Å². The molecule has 0 bridgehead atoms. The quantitative estimate of drug-likeness (QED) is 0.907. The van der Waals surface area contributed by atoms with Crippen molar-refractivity contribution >= 4 is 29.1 Å². The molecule has 2 N–H and O–H groups in total. The summed E-state index contributed by atoms with van der Waals surface area (Å²) >= 11 is 11.5. The van der Waals surface area contributed by atoms with E-state index in [0.717, 1.165) is 0 Å². The van der Waals surface area contributed by atoms with E-state index in [1.165, 1.54) is 11.0 Å². The number of halogens is 2. The summed E-state index contributed by atoms with van der Waals surface area (Å²) in [4.78, 5) is 20.3. The molecular formula is C10H11Cl2N5O. The van der Waals surface area contributed by atoms with Gasteiger partial charge in [-0.2, -0.15) is 5.10 Å². The van der Waals surface area contributed by atoms with Crippen molar-refractivity contribution in [2.75, 3.05) is 7.05 Å². The minimum atomic E-state index is -0.230. The Morgan fingerprint density at radius 2 is 2.22 bits per heavy atom. The zero-order valence-electron chi connectivity index (χ0n) is 9.79. The van der Waals surface area contributed by atoms with Crippen LogP contribution in [0.1, 0.15) is 22.1 Å². The molecule has 6 nitrogen and oxygen atoms in total. The Morgan fingerprint density at radius 1 is 1.50 bits per heavy atom. The second-order valence-electron chi connectivity index (χ2n) is 3.84. The molecule has 2 rings (SSSR count). The number of amides is 1. The minimum absolute atomic E-state index is 0.230. The van der Waals surface area contributed by atoms with Gasteiger partial charge in [0.2, 0.25) is 0 Å². The van der Waals surface area contributed by atoms with Gasteiger partial charge in [0.15, 0.2) is 5.82 Å². The zero-order valence-corrected chi connectivity index (χ0v) is 11.3. The molecule has 0 spiro atoms. The number of aromatic amines is 2. The molecule has 0 saturated carbocycles. The zero-order chi connectivity index (χ0) is 13.3. The molecular weight excluding hydrogens is 277 g/mol. The fourth-order valence-electron chi connectivity index (χ4n) is 1.47. The summed E-state index contributed by atoms with van der Waals surface area (Å²) in [6.45, 7) is 2.10. The summed E-state index contributed by atoms with van der Waals surface area (Å²) in [5.41, 5.74) is 0.333. The molecule has 0 fully saturated rings. The highest BCUT2D eigenvalue weighted by atomic mass is 35.5. The number of carbonyl (C=O) groups is 1. The molecule has 0 saturated heterocycles. The first-order valence-corrected chi connectivity index (χ1v) is 5.90. The van der Waals surface area contributed by atoms with Crippen LogP contribution in [0, 0.1) is 6.92 Å². The molecule has 2 heterocycles. The molecule has 1 amide bonds. The van der Waals surface area contributed by atoms with Crippen LogP contribution in [-0.4, -0.2) is 38.0 Å². The smallest absolute Gasteiger partial charge is 0.270 e. The number of nitrogens with one attached hydrogen (secondary N) is 2. The van der Waals surface area contributed by atoms with Gasteiger partial charge in [0, 0.05) is 7.05 Å². The summed E-state index contributed by atoms with van der Waals surface area (Å²) in [6, 6.07) is 1.49. The molecule has 18 heavy (non-hydrogen) atoms. The molecule has 0 radical (unpaired) electrons. The van der Waals surface area contributed by atoms with Crippen LogP contribution in [0.25, 0.3) is 0 Å². The van der Waals surface area contributed by atoms with E-state index in [4.69, 9.17) is 23.2 Å². The van der Waals surface area contributed by atoms with E-state index in [1.807, 2.05) is 0 Å². The first kappa shape index (κ1) is 12.9. The summed E-state index contributed by atoms with van der Waals surface area (Å²) in [5, 5.41) is 7.25. The fourth-order valence-corrected chi connectivity index (χ4v) is 1.78. The Balaban J connectivity index is 2.09. The van der Waals surface area contributed by atoms with Crippen LogP contribution in [0.4, 0.5) is 0 Å². The Labute approximate surface area is 113 Å². The van der Waals surface area contributed by atoms with Crippen LogP contribution in [0.3, 0.4) is 0 Å². The lowest BCUT2D eigenvalue weighted by atomic mass is 10.3. The summed E-state index contributed by atoms with van der Waals surface area (Å²) < 4.78 is 0. The normalized spacial score (nSPS) is 10.7. The summed E-state index contributed by atoms with van der Waals surface area (Å²) in [5.74, 6) is 1.02. The van der Waals surface area contributed by atoms with E-state index in [0.29, 0.717) is 28.9 Å². The van der Waals surface area contributed by atoms with Crippen LogP contribution >= 0.6 is 23.2 Å². The van der Waals surface area contributed by atoms with E-state index >= 15 is 0 Å². The van der Waals surface area contributed by atoms with Crippen molar-refractivity contribution in [3.8, 4) is 0 Å². The minimum Gasteiger partial charge on any atom is -0.340 e. The van der Waals surface area contributed by atoms with E-state index in [2.05, 4.69) is 20.2 Å². The number of hydrogen-bond acceptors (Lipinski definition) is 3. The van der Waals surface area contributed by atoms with Crippen LogP contribution in [0.15, 0.2) is 6.07 Å². The topological polar surface area (TPSA) is 77.7 Å². The maximum Gasteiger partial charge on any atom is 0.270 e. The number of nitrogens with zero attached hydrogens (tertiary/aromatic N) is 3. The predicted molar refractivity (Wildman–Crippen MR) is 67.7 cm³/mol. The number of carbonyl (C=O) groups excluding carboxylic acids is 1. The fraction of sp³-hybridized carbons (Fsp3) is 0.300. The SMILES string of the molecule is Cc1nc(CN(C)C(=O)c2cc(Cl)c(Cl)[nH]2)n[nH]1. The molecule has 96 valence electrons. The third-order valence-corrected chi connectivity index (χ3v) is 3.02. The first-order chi connectivity index (χ1) is 8.47. The Bertz CT molecular complexity index is 557. The number of hydrogen-bond donors (Lipinski definition) is 2. The highest BCUT2D eigenvalue weighted by molar-refractivity contribution is 6.41. The maximum absolute atomic E-state index is 12.0. The Hall–Kier alpha value is -1.53. The van der Waals surface area contributed by atoms with Gasteiger partial charge in [-0.1, -0.05) is 23.2 Å². The number of aryl methyl sites for hydroxylation is 1. The van der Waals surface area contributed by atoms with Gasteiger partial charge < -0.3 is 9.88 Å². The van der Waals surface area contributed by atoms with Crippen molar-refractivity contribution in [1.82, 2.24) is 25.1 Å². The molecule has 0 aliphatic carbocycles. The molecule has 8 heteroatoms. The van der Waals surface area contributed by atoms with E-state index in [-0.39, 0.29) is 11.1 Å². The Morgan fingerprint density at radius 3 is 2.72 bits per heavy atom. The number of rotatable bonds is 3. The first-order valence-electron chi connectivity index (χ1n) is 5.14. The average Bonchev–Trinajstić information content (AvgIpc) is 2.85. The molecule has 0 aliphatic heterocycles. The van der Waals surface area contributed by atoms with Crippen LogP contribution in [-0.2, 0) is 6.54 Å². The summed E-state index contributed by atoms with van der Waals surface area (Å²) in [6.07, 6.45) is 0. The third kappa shape index (κ3) is 2.65. The highest BCUT2D eigenvalue weighted by Gasteiger charge is 2.17. The van der Waals surface area contributed by atoms with Gasteiger partial charge in [-0.15, -0.1) is 0 Å². The molecule has 2 aromatic heterocycles. The van der Waals surface area contributed by atoms with E-state index < -0.39 is 0 Å². The molecule has 2 aromatic rings. The van der Waals surface area contributed by atoms with E-state index in [9.17, 15) is 4.79 Å². The lowest BCUT2D eigenvalue weighted by Gasteiger charge is -2.13. The lowest BCUT2D eigenvalue weighted by molar-refractivity contribution is 0.0776. The van der Waals surface area contributed by atoms with Gasteiger partial charge >= 0.3 is 0 Å². The van der Waals surface area contributed by atoms with Gasteiger partial charge in [0.25, 0.3) is 5.91 Å². The second-order valence-corrected chi connectivity index (χ2v) is 4.63. The van der Waals surface area contributed by atoms with Crippen LogP contribution in [0.2, 0.25) is 10.2 Å². The molecule has 0 aromatic carbocycles. The second kappa shape index (κ2) is 4.99. The lowest BCUT2D eigenvalue weighted by Crippen LogP contribution is -2.27. The molecule has 0 unspecified atom stereocenters. The number of aromatic nitrogens is 4. The largest absolute Gasteiger partial charge is 0.340 e. The van der Waals surface area contributed by atoms with Crippen molar-refractivity contribution in [1.29, 1.82) is 0 Å². The van der Waals surface area contributed by atoms with Gasteiger partial charge in [0.1, 0.15) is 16.7 Å². The predicted octanol–water partition coefficient (Wildman–Crippen LogP) is 2.02. The van der Waals surface area contributed by atoms with Gasteiger partial charge in [-0.05, 0) is 13.0 Å². The monoisotopic (exact) mass is 287 g/mol. The number of H-pyrrole nitrogens is 2. The molecule has 0 aliphatic rings. The Kier molecular flexibility index (Phi) is 3.58. The van der Waals surface area contributed by atoms with Gasteiger partial charge in [-0.25, -0.2) is 4.98 Å². The molecule has 0 atom stereocenters. The van der Waals surface area contributed by atoms with Gasteiger partial charge in [0.05, 0.1) is 11.6 Å². The summed E-state index contributed by atoms with van der Waals surface area (Å²) in [7, 11) is 1.65. The standard InChI is InChI=1S/C10H11Cl2N5O/c1-5-13-8(16-15-5)4-17(2)10(18)7-3-6(11)9(12)14-7/h3,14H,4H2,1-2H3,(H,13,15,16). The van der Waals surface area contributed by atoms with Crippen LogP contribution in [0.5, 0.6) is 0 Å². The van der Waals surface area contributed by atoms with Crippen LogP contribution < -0.4 is 0 Å². The van der Waals surface area contributed by atoms with Crippen molar-refractivity contribution in [2.45, 2.75) is 13.5 Å². The van der Waals surface area contributed by atoms with Crippen molar-refractivity contribution < 1.29 is 4.79 Å².